The maximum absolute atomic E-state index is 12.9. The number of nitrogens with zero attached hydrogens (tertiary/aromatic N) is 2. The molecule has 0 unspecified atom stereocenters. The Morgan fingerprint density at radius 3 is 2.46 bits per heavy atom. The van der Waals surface area contributed by atoms with E-state index in [1.165, 1.54) is 23.9 Å². The van der Waals surface area contributed by atoms with Crippen LogP contribution in [0.1, 0.15) is 5.56 Å². The summed E-state index contributed by atoms with van der Waals surface area (Å²) in [5, 5.41) is 8.52. The monoisotopic (exact) mass is 346 g/mol. The number of hydrogen-bond acceptors (Lipinski definition) is 6. The van der Waals surface area contributed by atoms with Gasteiger partial charge in [-0.3, -0.25) is 0 Å². The third-order valence-electron chi connectivity index (χ3n) is 3.31. The number of ether oxygens (including phenoxy) is 2. The van der Waals surface area contributed by atoms with E-state index < -0.39 is 0 Å². The third kappa shape index (κ3) is 3.68. The Morgan fingerprint density at radius 2 is 1.75 bits per heavy atom. The molecule has 7 heteroatoms. The van der Waals surface area contributed by atoms with E-state index in [-0.39, 0.29) is 5.82 Å². The van der Waals surface area contributed by atoms with Crippen molar-refractivity contribution in [2.24, 2.45) is 0 Å². The van der Waals surface area contributed by atoms with E-state index in [1.807, 2.05) is 6.07 Å². The molecule has 0 saturated carbocycles. The highest BCUT2D eigenvalue weighted by atomic mass is 32.2. The maximum atomic E-state index is 12.9. The summed E-state index contributed by atoms with van der Waals surface area (Å²) < 4.78 is 29.0. The van der Waals surface area contributed by atoms with E-state index in [1.54, 1.807) is 38.5 Å². The minimum atomic E-state index is -0.253. The summed E-state index contributed by atoms with van der Waals surface area (Å²) in [4.78, 5) is 0. The Balaban J connectivity index is 1.72. The van der Waals surface area contributed by atoms with Gasteiger partial charge in [0.05, 0.1) is 14.2 Å². The van der Waals surface area contributed by atoms with Crippen molar-refractivity contribution in [3.63, 3.8) is 0 Å². The van der Waals surface area contributed by atoms with Crippen LogP contribution in [0.3, 0.4) is 0 Å². The van der Waals surface area contributed by atoms with Crippen molar-refractivity contribution in [3.05, 3.63) is 53.8 Å². The zero-order valence-electron chi connectivity index (χ0n) is 13.2. The fourth-order valence-electron chi connectivity index (χ4n) is 2.08. The molecular weight excluding hydrogens is 331 g/mol. The second kappa shape index (κ2) is 7.35. The highest BCUT2D eigenvalue weighted by Crippen LogP contribution is 2.33. The summed E-state index contributed by atoms with van der Waals surface area (Å²) in [6.45, 7) is 0. The number of hydrogen-bond donors (Lipinski definition) is 0. The molecule has 2 aromatic carbocycles. The fourth-order valence-corrected chi connectivity index (χ4v) is 2.80. The van der Waals surface area contributed by atoms with Crippen molar-refractivity contribution in [2.45, 2.75) is 11.0 Å². The summed E-state index contributed by atoms with van der Waals surface area (Å²) >= 11 is 1.39. The zero-order valence-corrected chi connectivity index (χ0v) is 14.0. The number of rotatable bonds is 6. The van der Waals surface area contributed by atoms with Crippen LogP contribution < -0.4 is 9.47 Å². The Labute approximate surface area is 142 Å². The summed E-state index contributed by atoms with van der Waals surface area (Å²) in [5.41, 5.74) is 1.72. The van der Waals surface area contributed by atoms with E-state index in [4.69, 9.17) is 13.9 Å². The first-order chi connectivity index (χ1) is 11.7. The minimum Gasteiger partial charge on any atom is -0.493 e. The SMILES string of the molecule is COc1ccc(-c2nnc(SCc3ccc(F)cc3)o2)cc1OC. The molecule has 0 fully saturated rings. The molecule has 124 valence electrons. The lowest BCUT2D eigenvalue weighted by Crippen LogP contribution is -1.90. The number of halogens is 1. The van der Waals surface area contributed by atoms with Gasteiger partial charge in [-0.15, -0.1) is 10.2 Å². The quantitative estimate of drug-likeness (QED) is 0.624. The molecule has 0 spiro atoms. The van der Waals surface area contributed by atoms with Gasteiger partial charge < -0.3 is 13.9 Å². The van der Waals surface area contributed by atoms with Crippen LogP contribution in [-0.2, 0) is 5.75 Å². The molecule has 0 amide bonds. The van der Waals surface area contributed by atoms with Gasteiger partial charge >= 0.3 is 0 Å². The van der Waals surface area contributed by atoms with Crippen molar-refractivity contribution in [3.8, 4) is 23.0 Å². The Hall–Kier alpha value is -2.54. The molecule has 0 aliphatic carbocycles. The third-order valence-corrected chi connectivity index (χ3v) is 4.20. The van der Waals surface area contributed by atoms with E-state index in [9.17, 15) is 4.39 Å². The highest BCUT2D eigenvalue weighted by Gasteiger charge is 2.12. The second-order valence-corrected chi connectivity index (χ2v) is 5.78. The van der Waals surface area contributed by atoms with Crippen molar-refractivity contribution in [1.29, 1.82) is 0 Å². The molecule has 5 nitrogen and oxygen atoms in total. The van der Waals surface area contributed by atoms with Crippen LogP contribution in [0.25, 0.3) is 11.5 Å². The Bertz CT molecular complexity index is 821. The van der Waals surface area contributed by atoms with Gasteiger partial charge in [-0.25, -0.2) is 4.39 Å². The van der Waals surface area contributed by atoms with Gasteiger partial charge in [0.2, 0.25) is 5.89 Å². The lowest BCUT2D eigenvalue weighted by atomic mass is 10.2. The standard InChI is InChI=1S/C17H15FN2O3S/c1-21-14-8-5-12(9-15(14)22-2)16-19-20-17(23-16)24-10-11-3-6-13(18)7-4-11/h3-9H,10H2,1-2H3. The molecule has 0 saturated heterocycles. The van der Waals surface area contributed by atoms with Crippen LogP contribution in [0.2, 0.25) is 0 Å². The molecule has 1 aromatic heterocycles. The second-order valence-electron chi connectivity index (χ2n) is 4.86. The minimum absolute atomic E-state index is 0.253. The van der Waals surface area contributed by atoms with Gasteiger partial charge in [0, 0.05) is 11.3 Å². The van der Waals surface area contributed by atoms with Gasteiger partial charge in [-0.05, 0) is 35.9 Å². The molecule has 0 radical (unpaired) electrons. The van der Waals surface area contributed by atoms with Crippen LogP contribution in [0.4, 0.5) is 4.39 Å². The summed E-state index contributed by atoms with van der Waals surface area (Å²) in [7, 11) is 3.15. The molecule has 0 aliphatic heterocycles. The molecule has 0 atom stereocenters. The molecular formula is C17H15FN2O3S. The molecule has 1 heterocycles. The molecule has 3 aromatic rings. The van der Waals surface area contributed by atoms with Crippen LogP contribution in [0.15, 0.2) is 52.1 Å². The van der Waals surface area contributed by atoms with Gasteiger partial charge in [-0.1, -0.05) is 23.9 Å². The zero-order chi connectivity index (χ0) is 16.9. The molecule has 3 rings (SSSR count). The predicted octanol–water partition coefficient (Wildman–Crippen LogP) is 4.19. The van der Waals surface area contributed by atoms with Crippen LogP contribution >= 0.6 is 11.8 Å². The number of thioether (sulfide) groups is 1. The smallest absolute Gasteiger partial charge is 0.277 e. The lowest BCUT2D eigenvalue weighted by Gasteiger charge is -2.07. The number of aromatic nitrogens is 2. The normalized spacial score (nSPS) is 10.6. The van der Waals surface area contributed by atoms with Gasteiger partial charge in [0.15, 0.2) is 11.5 Å². The predicted molar refractivity (Wildman–Crippen MR) is 88.8 cm³/mol. The fraction of sp³-hybridized carbons (Fsp3) is 0.176. The molecule has 0 N–H and O–H groups in total. The maximum Gasteiger partial charge on any atom is 0.277 e. The highest BCUT2D eigenvalue weighted by molar-refractivity contribution is 7.98. The van der Waals surface area contributed by atoms with Crippen molar-refractivity contribution in [2.75, 3.05) is 14.2 Å². The van der Waals surface area contributed by atoms with Crippen molar-refractivity contribution in [1.82, 2.24) is 10.2 Å². The Kier molecular flexibility index (Phi) is 5.00. The van der Waals surface area contributed by atoms with Gasteiger partial charge in [0.1, 0.15) is 5.82 Å². The number of methoxy groups -OCH3 is 2. The lowest BCUT2D eigenvalue weighted by molar-refractivity contribution is 0.355. The molecule has 0 bridgehead atoms. The van der Waals surface area contributed by atoms with Crippen LogP contribution in [0, 0.1) is 5.82 Å². The van der Waals surface area contributed by atoms with Crippen LogP contribution in [0.5, 0.6) is 11.5 Å². The largest absolute Gasteiger partial charge is 0.493 e. The van der Waals surface area contributed by atoms with Crippen molar-refractivity contribution < 1.29 is 18.3 Å². The topological polar surface area (TPSA) is 57.4 Å². The number of benzene rings is 2. The Morgan fingerprint density at radius 1 is 1.00 bits per heavy atom. The molecule has 0 aliphatic rings. The molecule has 24 heavy (non-hydrogen) atoms. The summed E-state index contributed by atoms with van der Waals surface area (Å²) in [6, 6.07) is 11.7. The first-order valence-electron chi connectivity index (χ1n) is 7.12. The first kappa shape index (κ1) is 16.3. The van der Waals surface area contributed by atoms with E-state index in [0.29, 0.717) is 28.4 Å². The first-order valence-corrected chi connectivity index (χ1v) is 8.11. The van der Waals surface area contributed by atoms with Gasteiger partial charge in [0.25, 0.3) is 5.22 Å². The van der Waals surface area contributed by atoms with Crippen LogP contribution in [-0.4, -0.2) is 24.4 Å². The van der Waals surface area contributed by atoms with Gasteiger partial charge in [-0.2, -0.15) is 0 Å². The van der Waals surface area contributed by atoms with E-state index in [0.717, 1.165) is 11.1 Å². The van der Waals surface area contributed by atoms with E-state index >= 15 is 0 Å². The van der Waals surface area contributed by atoms with E-state index in [2.05, 4.69) is 10.2 Å². The average Bonchev–Trinajstić information content (AvgIpc) is 3.09. The summed E-state index contributed by atoms with van der Waals surface area (Å²) in [6.07, 6.45) is 0. The average molecular weight is 346 g/mol. The van der Waals surface area contributed by atoms with Crippen molar-refractivity contribution >= 4 is 11.8 Å². The summed E-state index contributed by atoms with van der Waals surface area (Å²) in [5.74, 6) is 1.99.